The summed E-state index contributed by atoms with van der Waals surface area (Å²) in [6.45, 7) is 3.65. The number of nitrogens with zero attached hydrogens (tertiary/aromatic N) is 4. The zero-order valence-corrected chi connectivity index (χ0v) is 23.2. The molecule has 5 rings (SSSR count). The number of aliphatic imine (C=N–C) groups is 1. The highest BCUT2D eigenvalue weighted by molar-refractivity contribution is 6.05. The number of allylic oxidation sites excluding steroid dienone is 1. The van der Waals surface area contributed by atoms with Gasteiger partial charge in [-0.3, -0.25) is 24.2 Å². The van der Waals surface area contributed by atoms with Gasteiger partial charge in [0.15, 0.2) is 11.6 Å². The van der Waals surface area contributed by atoms with Gasteiger partial charge in [0.25, 0.3) is 11.5 Å². The Morgan fingerprint density at radius 2 is 1.88 bits per heavy atom. The fourth-order valence-electron chi connectivity index (χ4n) is 4.75. The lowest BCUT2D eigenvalue weighted by Crippen LogP contribution is -2.25. The maximum Gasteiger partial charge on any atom is 0.284 e. The Labute approximate surface area is 240 Å². The van der Waals surface area contributed by atoms with E-state index >= 15 is 4.39 Å². The van der Waals surface area contributed by atoms with Gasteiger partial charge < -0.3 is 15.2 Å². The summed E-state index contributed by atoms with van der Waals surface area (Å²) in [7, 11) is 1.71. The van der Waals surface area contributed by atoms with Crippen LogP contribution in [0.5, 0.6) is 17.2 Å². The van der Waals surface area contributed by atoms with Crippen molar-refractivity contribution in [1.29, 1.82) is 0 Å². The van der Waals surface area contributed by atoms with Crippen LogP contribution in [0.2, 0.25) is 0 Å². The largest absolute Gasteiger partial charge is 0.508 e. The number of carbonyl (C=O) groups excluding carboxylic acids is 1. The first kappa shape index (κ1) is 28.0. The highest BCUT2D eigenvalue weighted by Crippen LogP contribution is 2.33. The molecule has 42 heavy (non-hydrogen) atoms. The summed E-state index contributed by atoms with van der Waals surface area (Å²) >= 11 is 0. The highest BCUT2D eigenvalue weighted by Gasteiger charge is 2.27. The fraction of sp³-hybridized carbons (Fsp3) is 0.125. The molecule has 2 N–H and O–H groups in total. The molecular formula is C32H28FN5O4. The Bertz CT molecular complexity index is 1890. The molecule has 0 aliphatic rings. The summed E-state index contributed by atoms with van der Waals surface area (Å²) in [6, 6.07) is 19.2. The Balaban J connectivity index is 1.47. The third-order valence-corrected chi connectivity index (χ3v) is 6.68. The number of ether oxygens (including phenoxy) is 1. The van der Waals surface area contributed by atoms with E-state index in [2.05, 4.69) is 15.3 Å². The van der Waals surface area contributed by atoms with Crippen LogP contribution in [0.15, 0.2) is 101 Å². The summed E-state index contributed by atoms with van der Waals surface area (Å²) in [4.78, 5) is 35.5. The second-order valence-electron chi connectivity index (χ2n) is 9.49. The molecule has 1 amide bonds. The Kier molecular flexibility index (Phi) is 7.96. The monoisotopic (exact) mass is 565 g/mol. The first-order chi connectivity index (χ1) is 20.3. The van der Waals surface area contributed by atoms with E-state index in [1.807, 2.05) is 13.0 Å². The van der Waals surface area contributed by atoms with Crippen molar-refractivity contribution in [2.75, 3.05) is 5.32 Å². The van der Waals surface area contributed by atoms with Crippen molar-refractivity contribution < 1.29 is 19.0 Å². The molecule has 0 bridgehead atoms. The van der Waals surface area contributed by atoms with Gasteiger partial charge in [0.2, 0.25) is 0 Å². The normalized spacial score (nSPS) is 12.3. The Morgan fingerprint density at radius 3 is 2.62 bits per heavy atom. The quantitative estimate of drug-likeness (QED) is 0.214. The Hall–Kier alpha value is -5.51. The van der Waals surface area contributed by atoms with Crippen LogP contribution < -0.4 is 15.6 Å². The van der Waals surface area contributed by atoms with Crippen LogP contribution in [0.3, 0.4) is 0 Å². The van der Waals surface area contributed by atoms with Gasteiger partial charge >= 0.3 is 0 Å². The highest BCUT2D eigenvalue weighted by atomic mass is 19.1. The predicted molar refractivity (Wildman–Crippen MR) is 161 cm³/mol. The van der Waals surface area contributed by atoms with Crippen molar-refractivity contribution in [2.24, 2.45) is 12.0 Å². The lowest BCUT2D eigenvalue weighted by Gasteiger charge is -2.14. The third-order valence-electron chi connectivity index (χ3n) is 6.68. The topological polar surface area (TPSA) is 111 Å². The maximum atomic E-state index is 15.2. The van der Waals surface area contributed by atoms with Gasteiger partial charge in [0.1, 0.15) is 17.1 Å². The minimum atomic E-state index is -0.722. The molecule has 9 nitrogen and oxygen atoms in total. The van der Waals surface area contributed by atoms with Gasteiger partial charge in [-0.1, -0.05) is 31.2 Å². The van der Waals surface area contributed by atoms with Gasteiger partial charge in [-0.15, -0.1) is 0 Å². The number of benzene rings is 3. The number of aromatic nitrogens is 3. The molecule has 0 fully saturated rings. The minimum Gasteiger partial charge on any atom is -0.508 e. The van der Waals surface area contributed by atoms with Gasteiger partial charge in [0.05, 0.1) is 16.9 Å². The van der Waals surface area contributed by atoms with E-state index in [1.54, 1.807) is 73.5 Å². The second-order valence-corrected chi connectivity index (χ2v) is 9.49. The minimum absolute atomic E-state index is 0.0513. The summed E-state index contributed by atoms with van der Waals surface area (Å²) in [5.74, 6) is -1.42. The number of phenolic OH excluding ortho intramolecular Hbond substituents is 1. The second kappa shape index (κ2) is 11.9. The van der Waals surface area contributed by atoms with Crippen molar-refractivity contribution >= 4 is 28.7 Å². The van der Waals surface area contributed by atoms with E-state index < -0.39 is 17.3 Å². The van der Waals surface area contributed by atoms with Crippen LogP contribution >= 0.6 is 0 Å². The number of para-hydroxylation sites is 1. The van der Waals surface area contributed by atoms with Crippen LogP contribution in [0.1, 0.15) is 35.8 Å². The van der Waals surface area contributed by atoms with E-state index in [1.165, 1.54) is 35.1 Å². The van der Waals surface area contributed by atoms with E-state index in [0.29, 0.717) is 28.0 Å². The number of nitrogens with one attached hydrogen (secondary N) is 1. The number of halogens is 1. The molecule has 5 aromatic rings. The van der Waals surface area contributed by atoms with Crippen LogP contribution in [0.25, 0.3) is 16.6 Å². The number of phenols is 1. The van der Waals surface area contributed by atoms with Crippen molar-refractivity contribution in [3.8, 4) is 22.9 Å². The molecule has 212 valence electrons. The molecule has 3 aromatic carbocycles. The SMILES string of the molecule is CC=N/C=C\C(C)c1c(C(=O)Nc2ccc(Oc3ccnc4cc(O)ccc34)c(F)c2)c(=O)n(-c2ccccc2)n1C. The summed E-state index contributed by atoms with van der Waals surface area (Å²) in [5.41, 5.74) is 1.13. The standard InChI is InChI=1S/C32H28FN5O4/c1-4-34-16-14-20(2)30-29(32(41)38(37(30)3)22-8-6-5-7-9-22)31(40)36-21-10-13-28(25(33)18-21)42-27-15-17-35-26-19-23(39)11-12-24(26)27/h4-20,39H,1-3H3,(H,36,40)/b16-14-,34-4?. The molecule has 0 radical (unpaired) electrons. The summed E-state index contributed by atoms with van der Waals surface area (Å²) in [6.07, 6.45) is 6.53. The molecule has 10 heteroatoms. The average Bonchev–Trinajstić information content (AvgIpc) is 3.24. The number of amides is 1. The van der Waals surface area contributed by atoms with Crippen molar-refractivity contribution in [2.45, 2.75) is 19.8 Å². The van der Waals surface area contributed by atoms with Crippen LogP contribution in [0, 0.1) is 5.82 Å². The molecule has 1 atom stereocenters. The first-order valence-corrected chi connectivity index (χ1v) is 13.2. The number of anilines is 1. The van der Waals surface area contributed by atoms with Gasteiger partial charge in [-0.05, 0) is 49.4 Å². The molecule has 0 saturated carbocycles. The smallest absolute Gasteiger partial charge is 0.284 e. The number of fused-ring (bicyclic) bond motifs is 1. The van der Waals surface area contributed by atoms with Crippen molar-refractivity contribution in [3.63, 3.8) is 0 Å². The Morgan fingerprint density at radius 1 is 1.10 bits per heavy atom. The number of rotatable bonds is 8. The summed E-state index contributed by atoms with van der Waals surface area (Å²) < 4.78 is 24.1. The zero-order chi connectivity index (χ0) is 29.8. The number of aromatic hydroxyl groups is 1. The van der Waals surface area contributed by atoms with Gasteiger partial charge in [-0.25, -0.2) is 9.07 Å². The maximum absolute atomic E-state index is 15.2. The molecule has 0 spiro atoms. The molecule has 2 heterocycles. The van der Waals surface area contributed by atoms with E-state index in [0.717, 1.165) is 6.07 Å². The number of hydrogen-bond donors (Lipinski definition) is 2. The van der Waals surface area contributed by atoms with E-state index in [9.17, 15) is 14.7 Å². The van der Waals surface area contributed by atoms with Crippen molar-refractivity contribution in [3.05, 3.63) is 119 Å². The number of hydrogen-bond acceptors (Lipinski definition) is 6. The van der Waals surface area contributed by atoms with E-state index in [-0.39, 0.29) is 28.7 Å². The van der Waals surface area contributed by atoms with Crippen LogP contribution in [0.4, 0.5) is 10.1 Å². The molecule has 1 unspecified atom stereocenters. The van der Waals surface area contributed by atoms with Crippen molar-refractivity contribution in [1.82, 2.24) is 14.3 Å². The third kappa shape index (κ3) is 5.55. The first-order valence-electron chi connectivity index (χ1n) is 13.2. The molecule has 0 aliphatic heterocycles. The lowest BCUT2D eigenvalue weighted by atomic mass is 10.0. The number of pyridine rings is 1. The molecule has 2 aromatic heterocycles. The predicted octanol–water partition coefficient (Wildman–Crippen LogP) is 6.32. The van der Waals surface area contributed by atoms with Crippen LogP contribution in [-0.4, -0.2) is 31.6 Å². The fourth-order valence-corrected chi connectivity index (χ4v) is 4.75. The average molecular weight is 566 g/mol. The zero-order valence-electron chi connectivity index (χ0n) is 23.2. The molecule has 0 saturated heterocycles. The van der Waals surface area contributed by atoms with Gasteiger partial charge in [-0.2, -0.15) is 0 Å². The van der Waals surface area contributed by atoms with Gasteiger partial charge in [0, 0.05) is 54.8 Å². The molecular weight excluding hydrogens is 537 g/mol. The van der Waals surface area contributed by atoms with E-state index in [4.69, 9.17) is 4.74 Å². The number of carbonyl (C=O) groups is 1. The summed E-state index contributed by atoms with van der Waals surface area (Å²) in [5, 5.41) is 13.0. The van der Waals surface area contributed by atoms with Crippen LogP contribution in [-0.2, 0) is 7.05 Å². The lowest BCUT2D eigenvalue weighted by molar-refractivity contribution is 0.102. The molecule has 0 aliphatic carbocycles.